The zero-order chi connectivity index (χ0) is 14.8. The van der Waals surface area contributed by atoms with Crippen LogP contribution in [0, 0.1) is 0 Å². The zero-order valence-electron chi connectivity index (χ0n) is 11.1. The van der Waals surface area contributed by atoms with Crippen LogP contribution in [0.25, 0.3) is 0 Å². The van der Waals surface area contributed by atoms with Gasteiger partial charge < -0.3 is 5.11 Å². The second-order valence-corrected chi connectivity index (χ2v) is 6.26. The fourth-order valence-electron chi connectivity index (χ4n) is 2.22. The summed E-state index contributed by atoms with van der Waals surface area (Å²) in [4.78, 5) is 0.0579. The van der Waals surface area contributed by atoms with Gasteiger partial charge in [-0.15, -0.1) is 0 Å². The van der Waals surface area contributed by atoms with E-state index < -0.39 is 16.1 Å². The molecule has 0 unspecified atom stereocenters. The molecule has 2 rings (SSSR count). The van der Waals surface area contributed by atoms with Gasteiger partial charge in [-0.05, 0) is 17.2 Å². The maximum atomic E-state index is 11.6. The lowest BCUT2D eigenvalue weighted by Gasteiger charge is -2.21. The van der Waals surface area contributed by atoms with Crippen LogP contribution in [0.2, 0.25) is 0 Å². The minimum absolute atomic E-state index is 0.0579. The summed E-state index contributed by atoms with van der Waals surface area (Å²) in [6.45, 7) is 1.78. The quantitative estimate of drug-likeness (QED) is 0.906. The summed E-state index contributed by atoms with van der Waals surface area (Å²) < 4.78 is 23.2. The number of aliphatic hydroxyl groups is 1. The first-order valence-electron chi connectivity index (χ1n) is 6.26. The van der Waals surface area contributed by atoms with Crippen LogP contribution in [0.5, 0.6) is 0 Å². The van der Waals surface area contributed by atoms with E-state index in [-0.39, 0.29) is 10.8 Å². The fourth-order valence-corrected chi connectivity index (χ4v) is 3.08. The van der Waals surface area contributed by atoms with Gasteiger partial charge in [-0.1, -0.05) is 55.5 Å². The standard InChI is InChI=1S/C15H17NO3S/c1-11(15(17)12-7-3-2-4-8-12)13-9-5-6-10-14(13)20(16,18)19/h2-11,15,17H,1H3,(H2,16,18,19)/t11-,15+/m1/s1. The Morgan fingerprint density at radius 1 is 1.00 bits per heavy atom. The Bertz CT molecular complexity index is 683. The van der Waals surface area contributed by atoms with Crippen molar-refractivity contribution >= 4 is 10.0 Å². The molecule has 20 heavy (non-hydrogen) atoms. The van der Waals surface area contributed by atoms with E-state index >= 15 is 0 Å². The van der Waals surface area contributed by atoms with Gasteiger partial charge in [0, 0.05) is 5.92 Å². The minimum Gasteiger partial charge on any atom is -0.388 e. The van der Waals surface area contributed by atoms with Crippen molar-refractivity contribution < 1.29 is 13.5 Å². The molecule has 0 radical (unpaired) electrons. The third kappa shape index (κ3) is 3.07. The maximum Gasteiger partial charge on any atom is 0.238 e. The molecular formula is C15H17NO3S. The van der Waals surface area contributed by atoms with Crippen LogP contribution in [0.1, 0.15) is 30.1 Å². The van der Waals surface area contributed by atoms with Crippen LogP contribution in [-0.4, -0.2) is 13.5 Å². The molecule has 0 aromatic heterocycles. The zero-order valence-corrected chi connectivity index (χ0v) is 11.9. The molecule has 0 aliphatic heterocycles. The summed E-state index contributed by atoms with van der Waals surface area (Å²) in [5.74, 6) is -0.382. The first-order chi connectivity index (χ1) is 9.41. The molecule has 0 fully saturated rings. The summed E-state index contributed by atoms with van der Waals surface area (Å²) in [7, 11) is -3.81. The summed E-state index contributed by atoms with van der Waals surface area (Å²) in [6, 6.07) is 15.6. The predicted octanol–water partition coefficient (Wildman–Crippen LogP) is 2.17. The smallest absolute Gasteiger partial charge is 0.238 e. The van der Waals surface area contributed by atoms with E-state index in [1.54, 1.807) is 37.3 Å². The Labute approximate surface area is 118 Å². The highest BCUT2D eigenvalue weighted by molar-refractivity contribution is 7.89. The van der Waals surface area contributed by atoms with Crippen LogP contribution in [-0.2, 0) is 10.0 Å². The van der Waals surface area contributed by atoms with Crippen LogP contribution in [0.15, 0.2) is 59.5 Å². The average Bonchev–Trinajstić information content (AvgIpc) is 2.46. The molecule has 2 atom stereocenters. The van der Waals surface area contributed by atoms with Crippen LogP contribution < -0.4 is 5.14 Å². The van der Waals surface area contributed by atoms with Crippen molar-refractivity contribution in [1.82, 2.24) is 0 Å². The summed E-state index contributed by atoms with van der Waals surface area (Å²) in [5, 5.41) is 15.6. The second kappa shape index (κ2) is 5.75. The van der Waals surface area contributed by atoms with Crippen molar-refractivity contribution in [2.24, 2.45) is 5.14 Å². The number of nitrogens with two attached hydrogens (primary N) is 1. The molecule has 2 aromatic rings. The van der Waals surface area contributed by atoms with Gasteiger partial charge in [0.05, 0.1) is 11.0 Å². The topological polar surface area (TPSA) is 80.4 Å². The monoisotopic (exact) mass is 291 g/mol. The molecule has 106 valence electrons. The first-order valence-corrected chi connectivity index (χ1v) is 7.80. The normalized spacial score (nSPS) is 14.8. The molecule has 5 heteroatoms. The predicted molar refractivity (Wildman–Crippen MR) is 77.6 cm³/mol. The molecule has 0 spiro atoms. The Morgan fingerprint density at radius 2 is 1.55 bits per heavy atom. The highest BCUT2D eigenvalue weighted by Crippen LogP contribution is 2.33. The van der Waals surface area contributed by atoms with Gasteiger partial charge in [-0.25, -0.2) is 13.6 Å². The molecule has 4 nitrogen and oxygen atoms in total. The third-order valence-electron chi connectivity index (χ3n) is 3.33. The number of hydrogen-bond donors (Lipinski definition) is 2. The first kappa shape index (κ1) is 14.7. The summed E-state index contributed by atoms with van der Waals surface area (Å²) in [6.07, 6.45) is -0.793. The lowest BCUT2D eigenvalue weighted by atomic mass is 9.91. The molecule has 0 saturated carbocycles. The highest BCUT2D eigenvalue weighted by Gasteiger charge is 2.23. The second-order valence-electron chi connectivity index (χ2n) is 4.73. The van der Waals surface area contributed by atoms with E-state index in [9.17, 15) is 13.5 Å². The molecule has 0 aliphatic rings. The molecule has 0 bridgehead atoms. The maximum absolute atomic E-state index is 11.6. The number of hydrogen-bond acceptors (Lipinski definition) is 3. The molecule has 2 aromatic carbocycles. The lowest BCUT2D eigenvalue weighted by Crippen LogP contribution is -2.17. The number of aliphatic hydroxyl groups excluding tert-OH is 1. The number of sulfonamides is 1. The number of primary sulfonamides is 1. The van der Waals surface area contributed by atoms with Gasteiger partial charge in [0.15, 0.2) is 0 Å². The Morgan fingerprint density at radius 3 is 2.15 bits per heavy atom. The molecule has 0 heterocycles. The van der Waals surface area contributed by atoms with Gasteiger partial charge in [-0.3, -0.25) is 0 Å². The van der Waals surface area contributed by atoms with Crippen LogP contribution in [0.3, 0.4) is 0 Å². The molecule has 3 N–H and O–H groups in total. The van der Waals surface area contributed by atoms with Gasteiger partial charge in [0.2, 0.25) is 10.0 Å². The van der Waals surface area contributed by atoms with Gasteiger partial charge >= 0.3 is 0 Å². The summed E-state index contributed by atoms with van der Waals surface area (Å²) in [5.41, 5.74) is 1.26. The Hall–Kier alpha value is -1.69. The van der Waals surface area contributed by atoms with Crippen LogP contribution >= 0.6 is 0 Å². The highest BCUT2D eigenvalue weighted by atomic mass is 32.2. The Balaban J connectivity index is 2.42. The largest absolute Gasteiger partial charge is 0.388 e. The van der Waals surface area contributed by atoms with Crippen molar-refractivity contribution in [3.05, 3.63) is 65.7 Å². The van der Waals surface area contributed by atoms with Gasteiger partial charge in [0.1, 0.15) is 0 Å². The third-order valence-corrected chi connectivity index (χ3v) is 4.32. The fraction of sp³-hybridized carbons (Fsp3) is 0.200. The van der Waals surface area contributed by atoms with Crippen molar-refractivity contribution in [2.45, 2.75) is 23.8 Å². The average molecular weight is 291 g/mol. The number of rotatable bonds is 4. The van der Waals surface area contributed by atoms with Crippen LogP contribution in [0.4, 0.5) is 0 Å². The minimum atomic E-state index is -3.81. The molecular weight excluding hydrogens is 274 g/mol. The van der Waals surface area contributed by atoms with Crippen molar-refractivity contribution in [1.29, 1.82) is 0 Å². The van der Waals surface area contributed by atoms with Crippen molar-refractivity contribution in [3.63, 3.8) is 0 Å². The molecule has 0 saturated heterocycles. The van der Waals surface area contributed by atoms with Gasteiger partial charge in [-0.2, -0.15) is 0 Å². The SMILES string of the molecule is C[C@H](c1ccccc1S(N)(=O)=O)[C@H](O)c1ccccc1. The Kier molecular flexibility index (Phi) is 4.23. The van der Waals surface area contributed by atoms with E-state index in [1.165, 1.54) is 6.07 Å². The molecule has 0 amide bonds. The van der Waals surface area contributed by atoms with E-state index in [0.29, 0.717) is 5.56 Å². The van der Waals surface area contributed by atoms with E-state index in [2.05, 4.69) is 0 Å². The number of benzene rings is 2. The lowest BCUT2D eigenvalue weighted by molar-refractivity contribution is 0.150. The summed E-state index contributed by atoms with van der Waals surface area (Å²) >= 11 is 0. The van der Waals surface area contributed by atoms with Gasteiger partial charge in [0.25, 0.3) is 0 Å². The van der Waals surface area contributed by atoms with Crippen molar-refractivity contribution in [3.8, 4) is 0 Å². The molecule has 0 aliphatic carbocycles. The van der Waals surface area contributed by atoms with E-state index in [1.807, 2.05) is 18.2 Å². The van der Waals surface area contributed by atoms with Crippen molar-refractivity contribution in [2.75, 3.05) is 0 Å². The van der Waals surface area contributed by atoms with E-state index in [4.69, 9.17) is 5.14 Å². The van der Waals surface area contributed by atoms with E-state index in [0.717, 1.165) is 5.56 Å².